The number of benzene rings is 1. The Labute approximate surface area is 108 Å². The van der Waals surface area contributed by atoms with Crippen molar-refractivity contribution in [2.45, 2.75) is 19.2 Å². The third-order valence-electron chi connectivity index (χ3n) is 2.33. The fourth-order valence-electron chi connectivity index (χ4n) is 1.63. The summed E-state index contributed by atoms with van der Waals surface area (Å²) in [5.41, 5.74) is 2.00. The number of rotatable bonds is 2. The van der Waals surface area contributed by atoms with Crippen molar-refractivity contribution in [3.05, 3.63) is 40.4 Å². The molecule has 0 aliphatic heterocycles. The maximum Gasteiger partial charge on any atom is 0.148 e. The molecule has 0 saturated carbocycles. The quantitative estimate of drug-likeness (QED) is 0.796. The van der Waals surface area contributed by atoms with Gasteiger partial charge < -0.3 is 0 Å². The Hall–Kier alpha value is -0.870. The van der Waals surface area contributed by atoms with Gasteiger partial charge in [0.1, 0.15) is 11.6 Å². The van der Waals surface area contributed by atoms with Gasteiger partial charge in [-0.3, -0.25) is 0 Å². The monoisotopic (exact) mass is 299 g/mol. The molecule has 0 fully saturated rings. The highest BCUT2D eigenvalue weighted by atomic mass is 79.9. The Kier molecular flexibility index (Phi) is 3.30. The van der Waals surface area contributed by atoms with E-state index < -0.39 is 0 Å². The van der Waals surface area contributed by atoms with Gasteiger partial charge in [-0.25, -0.2) is 9.67 Å². The van der Waals surface area contributed by atoms with Crippen LogP contribution in [0.1, 0.15) is 17.2 Å². The predicted octanol–water partition coefficient (Wildman–Crippen LogP) is 3.43. The molecule has 2 aromatic rings. The van der Waals surface area contributed by atoms with Crippen molar-refractivity contribution in [3.8, 4) is 5.69 Å². The highest BCUT2D eigenvalue weighted by molar-refractivity contribution is 9.08. The average Bonchev–Trinajstić information content (AvgIpc) is 2.57. The van der Waals surface area contributed by atoms with Crippen LogP contribution in [-0.4, -0.2) is 14.8 Å². The number of hydrogen-bond donors (Lipinski definition) is 0. The Morgan fingerprint density at radius 2 is 2.12 bits per heavy atom. The summed E-state index contributed by atoms with van der Waals surface area (Å²) < 4.78 is 1.82. The molecule has 2 rings (SSSR count). The summed E-state index contributed by atoms with van der Waals surface area (Å²) in [7, 11) is 0. The molecule has 1 aromatic heterocycles. The van der Waals surface area contributed by atoms with Crippen LogP contribution in [-0.2, 0) is 5.33 Å². The van der Waals surface area contributed by atoms with E-state index in [0.717, 1.165) is 27.9 Å². The van der Waals surface area contributed by atoms with Crippen LogP contribution in [0.5, 0.6) is 0 Å². The van der Waals surface area contributed by atoms with E-state index in [1.807, 2.05) is 36.7 Å². The minimum absolute atomic E-state index is 0.695. The minimum Gasteiger partial charge on any atom is -0.218 e. The van der Waals surface area contributed by atoms with E-state index in [1.165, 1.54) is 0 Å². The zero-order chi connectivity index (χ0) is 11.7. The van der Waals surface area contributed by atoms with Crippen molar-refractivity contribution >= 4 is 27.5 Å². The Morgan fingerprint density at radius 3 is 2.69 bits per heavy atom. The Morgan fingerprint density at radius 1 is 1.38 bits per heavy atom. The highest BCUT2D eigenvalue weighted by Crippen LogP contribution is 2.25. The fourth-order valence-corrected chi connectivity index (χ4v) is 2.61. The summed E-state index contributed by atoms with van der Waals surface area (Å²) in [6, 6.07) is 5.78. The van der Waals surface area contributed by atoms with Gasteiger partial charge in [0.05, 0.1) is 5.69 Å². The molecule has 0 aliphatic rings. The van der Waals surface area contributed by atoms with Crippen LogP contribution in [0.4, 0.5) is 0 Å². The molecule has 1 aromatic carbocycles. The summed E-state index contributed by atoms with van der Waals surface area (Å²) in [6.45, 7) is 3.81. The third-order valence-corrected chi connectivity index (χ3v) is 3.25. The predicted molar refractivity (Wildman–Crippen MR) is 68.5 cm³/mol. The van der Waals surface area contributed by atoms with E-state index in [2.05, 4.69) is 26.0 Å². The van der Waals surface area contributed by atoms with E-state index in [0.29, 0.717) is 5.33 Å². The molecule has 84 valence electrons. The second-order valence-electron chi connectivity index (χ2n) is 3.49. The molecular weight excluding hydrogens is 289 g/mol. The van der Waals surface area contributed by atoms with Gasteiger partial charge in [0.2, 0.25) is 0 Å². The number of alkyl halides is 1. The molecule has 0 N–H and O–H groups in total. The lowest BCUT2D eigenvalue weighted by Crippen LogP contribution is -2.03. The van der Waals surface area contributed by atoms with Gasteiger partial charge >= 0.3 is 0 Å². The minimum atomic E-state index is 0.695. The lowest BCUT2D eigenvalue weighted by Gasteiger charge is -2.09. The molecule has 0 radical (unpaired) electrons. The van der Waals surface area contributed by atoms with E-state index >= 15 is 0 Å². The average molecular weight is 301 g/mol. The summed E-state index contributed by atoms with van der Waals surface area (Å²) in [4.78, 5) is 4.29. The molecule has 3 nitrogen and oxygen atoms in total. The first-order valence-electron chi connectivity index (χ1n) is 4.87. The number of aromatic nitrogens is 3. The van der Waals surface area contributed by atoms with Crippen LogP contribution in [0.2, 0.25) is 5.02 Å². The third kappa shape index (κ3) is 1.99. The second-order valence-corrected chi connectivity index (χ2v) is 4.46. The van der Waals surface area contributed by atoms with Gasteiger partial charge in [-0.05, 0) is 26.0 Å². The van der Waals surface area contributed by atoms with Crippen molar-refractivity contribution in [1.82, 2.24) is 14.8 Å². The van der Waals surface area contributed by atoms with E-state index in [-0.39, 0.29) is 0 Å². The lowest BCUT2D eigenvalue weighted by molar-refractivity contribution is 0.824. The molecule has 0 bridgehead atoms. The summed E-state index contributed by atoms with van der Waals surface area (Å²) >= 11 is 9.59. The van der Waals surface area contributed by atoms with Crippen LogP contribution >= 0.6 is 27.5 Å². The fraction of sp³-hybridized carbons (Fsp3) is 0.273. The number of nitrogens with zero attached hydrogens (tertiary/aromatic N) is 3. The molecular formula is C11H11BrClN3. The molecule has 0 unspecified atom stereocenters. The maximum absolute atomic E-state index is 6.15. The maximum atomic E-state index is 6.15. The molecule has 0 amide bonds. The normalized spacial score (nSPS) is 10.8. The molecule has 16 heavy (non-hydrogen) atoms. The molecule has 0 atom stereocenters. The van der Waals surface area contributed by atoms with Crippen molar-refractivity contribution in [2.24, 2.45) is 0 Å². The first kappa shape index (κ1) is 11.6. The molecule has 0 spiro atoms. The van der Waals surface area contributed by atoms with Gasteiger partial charge in [0.15, 0.2) is 0 Å². The molecule has 0 saturated heterocycles. The molecule has 1 heterocycles. The van der Waals surface area contributed by atoms with Crippen molar-refractivity contribution in [3.63, 3.8) is 0 Å². The van der Waals surface area contributed by atoms with Gasteiger partial charge in [-0.15, -0.1) is 0 Å². The van der Waals surface area contributed by atoms with E-state index in [4.69, 9.17) is 11.6 Å². The zero-order valence-corrected chi connectivity index (χ0v) is 11.4. The first-order chi connectivity index (χ1) is 7.63. The summed E-state index contributed by atoms with van der Waals surface area (Å²) in [6.07, 6.45) is 0. The van der Waals surface area contributed by atoms with Crippen LogP contribution in [0, 0.1) is 13.8 Å². The van der Waals surface area contributed by atoms with E-state index in [1.54, 1.807) is 0 Å². The Balaban J connectivity index is 2.64. The second kappa shape index (κ2) is 4.55. The van der Waals surface area contributed by atoms with Gasteiger partial charge in [-0.2, -0.15) is 5.10 Å². The number of halogens is 2. The standard InChI is InChI=1S/C11H11BrClN3/c1-7-14-8(2)16(15-7)11-5-3-4-10(13)9(11)6-12/h3-5H,6H2,1-2H3. The van der Waals surface area contributed by atoms with Crippen LogP contribution in [0.3, 0.4) is 0 Å². The van der Waals surface area contributed by atoms with E-state index in [9.17, 15) is 0 Å². The number of hydrogen-bond acceptors (Lipinski definition) is 2. The molecule has 5 heteroatoms. The largest absolute Gasteiger partial charge is 0.218 e. The number of aryl methyl sites for hydroxylation is 2. The SMILES string of the molecule is Cc1nc(C)n(-c2cccc(Cl)c2CBr)n1. The van der Waals surface area contributed by atoms with Gasteiger partial charge in [0, 0.05) is 15.9 Å². The highest BCUT2D eigenvalue weighted by Gasteiger charge is 2.11. The summed E-state index contributed by atoms with van der Waals surface area (Å²) in [5, 5.41) is 5.79. The van der Waals surface area contributed by atoms with Gasteiger partial charge in [-0.1, -0.05) is 33.6 Å². The molecule has 0 aliphatic carbocycles. The van der Waals surface area contributed by atoms with Crippen molar-refractivity contribution in [1.29, 1.82) is 0 Å². The van der Waals surface area contributed by atoms with Crippen LogP contribution in [0.15, 0.2) is 18.2 Å². The lowest BCUT2D eigenvalue weighted by atomic mass is 10.2. The first-order valence-corrected chi connectivity index (χ1v) is 6.37. The smallest absolute Gasteiger partial charge is 0.148 e. The topological polar surface area (TPSA) is 30.7 Å². The Bertz CT molecular complexity index is 522. The van der Waals surface area contributed by atoms with Gasteiger partial charge in [0.25, 0.3) is 0 Å². The zero-order valence-electron chi connectivity index (χ0n) is 9.04. The van der Waals surface area contributed by atoms with Crippen LogP contribution < -0.4 is 0 Å². The van der Waals surface area contributed by atoms with Crippen molar-refractivity contribution in [2.75, 3.05) is 0 Å². The van der Waals surface area contributed by atoms with Crippen LogP contribution in [0.25, 0.3) is 5.69 Å². The summed E-state index contributed by atoms with van der Waals surface area (Å²) in [5.74, 6) is 1.62. The van der Waals surface area contributed by atoms with Crippen molar-refractivity contribution < 1.29 is 0 Å².